The van der Waals surface area contributed by atoms with Crippen LogP contribution in [0.4, 0.5) is 10.5 Å². The SMILES string of the molecule is CN1CC(=O)N(CC(=O)Nc2ccc(Br)cc2)C1=O. The molecule has 19 heavy (non-hydrogen) atoms. The number of anilines is 1. The molecule has 1 saturated heterocycles. The number of hydrogen-bond acceptors (Lipinski definition) is 3. The molecule has 0 aliphatic carbocycles. The van der Waals surface area contributed by atoms with E-state index in [-0.39, 0.29) is 19.0 Å². The molecule has 0 aromatic heterocycles. The third-order valence-corrected chi connectivity index (χ3v) is 3.19. The number of nitrogens with one attached hydrogen (secondary N) is 1. The van der Waals surface area contributed by atoms with Gasteiger partial charge in [-0.05, 0) is 24.3 Å². The lowest BCUT2D eigenvalue weighted by Crippen LogP contribution is -2.38. The Hall–Kier alpha value is -1.89. The highest BCUT2D eigenvalue weighted by atomic mass is 79.9. The van der Waals surface area contributed by atoms with E-state index >= 15 is 0 Å². The average Bonchev–Trinajstić information content (AvgIpc) is 2.59. The summed E-state index contributed by atoms with van der Waals surface area (Å²) in [5.74, 6) is -0.766. The highest BCUT2D eigenvalue weighted by Crippen LogP contribution is 2.14. The zero-order valence-corrected chi connectivity index (χ0v) is 11.8. The molecule has 1 N–H and O–H groups in total. The quantitative estimate of drug-likeness (QED) is 0.851. The zero-order chi connectivity index (χ0) is 14.0. The molecular weight excluding hydrogens is 314 g/mol. The smallest absolute Gasteiger partial charge is 0.325 e. The number of likely N-dealkylation sites (N-methyl/N-ethyl adjacent to an activating group) is 1. The second-order valence-electron chi connectivity index (χ2n) is 4.17. The van der Waals surface area contributed by atoms with Crippen LogP contribution in [0.2, 0.25) is 0 Å². The lowest BCUT2D eigenvalue weighted by Gasteiger charge is -2.13. The molecule has 1 aromatic rings. The van der Waals surface area contributed by atoms with Crippen molar-refractivity contribution in [2.75, 3.05) is 25.5 Å². The third kappa shape index (κ3) is 3.11. The van der Waals surface area contributed by atoms with Gasteiger partial charge in [0.1, 0.15) is 13.1 Å². The number of nitrogens with zero attached hydrogens (tertiary/aromatic N) is 2. The van der Waals surface area contributed by atoms with Crippen LogP contribution in [-0.4, -0.2) is 47.8 Å². The summed E-state index contributed by atoms with van der Waals surface area (Å²) in [6.45, 7) is -0.248. The minimum absolute atomic E-state index is 0.0183. The topological polar surface area (TPSA) is 69.7 Å². The summed E-state index contributed by atoms with van der Waals surface area (Å²) in [6.07, 6.45) is 0. The lowest BCUT2D eigenvalue weighted by atomic mass is 10.3. The maximum atomic E-state index is 11.8. The molecular formula is C12H12BrN3O3. The second-order valence-corrected chi connectivity index (χ2v) is 5.09. The van der Waals surface area contributed by atoms with E-state index in [1.165, 1.54) is 11.9 Å². The first kappa shape index (κ1) is 13.5. The van der Waals surface area contributed by atoms with Gasteiger partial charge in [-0.25, -0.2) is 4.79 Å². The molecule has 1 heterocycles. The van der Waals surface area contributed by atoms with E-state index in [1.807, 2.05) is 0 Å². The summed E-state index contributed by atoms with van der Waals surface area (Å²) < 4.78 is 0.900. The Morgan fingerprint density at radius 3 is 2.47 bits per heavy atom. The number of urea groups is 1. The molecule has 4 amide bonds. The van der Waals surface area contributed by atoms with Gasteiger partial charge in [0.05, 0.1) is 0 Å². The van der Waals surface area contributed by atoms with Crippen molar-refractivity contribution in [3.63, 3.8) is 0 Å². The van der Waals surface area contributed by atoms with Crippen molar-refractivity contribution >= 4 is 39.5 Å². The summed E-state index contributed by atoms with van der Waals surface area (Å²) in [6, 6.07) is 6.57. The molecule has 0 unspecified atom stereocenters. The number of carbonyl (C=O) groups is 3. The fourth-order valence-corrected chi connectivity index (χ4v) is 1.97. The molecule has 0 atom stereocenters. The summed E-state index contributed by atoms with van der Waals surface area (Å²) in [7, 11) is 1.52. The number of imide groups is 1. The van der Waals surface area contributed by atoms with Gasteiger partial charge in [0, 0.05) is 17.2 Å². The molecule has 0 radical (unpaired) electrons. The molecule has 1 fully saturated rings. The molecule has 0 saturated carbocycles. The van der Waals surface area contributed by atoms with Crippen LogP contribution in [0.15, 0.2) is 28.7 Å². The van der Waals surface area contributed by atoms with Crippen molar-refractivity contribution < 1.29 is 14.4 Å². The lowest BCUT2D eigenvalue weighted by molar-refractivity contribution is -0.129. The maximum absolute atomic E-state index is 11.8. The summed E-state index contributed by atoms with van der Waals surface area (Å²) >= 11 is 3.29. The first-order valence-corrected chi connectivity index (χ1v) is 6.37. The maximum Gasteiger partial charge on any atom is 0.327 e. The Kier molecular flexibility index (Phi) is 3.84. The number of halogens is 1. The fourth-order valence-electron chi connectivity index (χ4n) is 1.70. The second kappa shape index (κ2) is 5.40. The minimum Gasteiger partial charge on any atom is -0.325 e. The first-order chi connectivity index (χ1) is 8.97. The van der Waals surface area contributed by atoms with Gasteiger partial charge in [0.25, 0.3) is 5.91 Å². The van der Waals surface area contributed by atoms with E-state index in [0.29, 0.717) is 5.69 Å². The Bertz CT molecular complexity index is 530. The minimum atomic E-state index is -0.448. The number of benzene rings is 1. The fraction of sp³-hybridized carbons (Fsp3) is 0.250. The van der Waals surface area contributed by atoms with Gasteiger partial charge >= 0.3 is 6.03 Å². The van der Waals surface area contributed by atoms with Crippen LogP contribution in [-0.2, 0) is 9.59 Å². The third-order valence-electron chi connectivity index (χ3n) is 2.66. The van der Waals surface area contributed by atoms with Crippen LogP contribution in [0.5, 0.6) is 0 Å². The van der Waals surface area contributed by atoms with Crippen LogP contribution < -0.4 is 5.32 Å². The summed E-state index contributed by atoms with van der Waals surface area (Å²) in [5.41, 5.74) is 0.612. The number of rotatable bonds is 3. The molecule has 1 aliphatic heterocycles. The molecule has 0 spiro atoms. The van der Waals surface area contributed by atoms with Gasteiger partial charge in [-0.3, -0.25) is 14.5 Å². The van der Waals surface area contributed by atoms with Crippen LogP contribution in [0.1, 0.15) is 0 Å². The van der Waals surface area contributed by atoms with Crippen LogP contribution >= 0.6 is 15.9 Å². The van der Waals surface area contributed by atoms with E-state index in [0.717, 1.165) is 9.37 Å². The van der Waals surface area contributed by atoms with Crippen molar-refractivity contribution in [2.24, 2.45) is 0 Å². The highest BCUT2D eigenvalue weighted by Gasteiger charge is 2.34. The van der Waals surface area contributed by atoms with Crippen LogP contribution in [0.3, 0.4) is 0 Å². The molecule has 100 valence electrons. The average molecular weight is 326 g/mol. The van der Waals surface area contributed by atoms with Gasteiger partial charge in [0.2, 0.25) is 5.91 Å². The predicted octanol–water partition coefficient (Wildman–Crippen LogP) is 1.28. The molecule has 1 aromatic carbocycles. The normalized spacial score (nSPS) is 15.1. The number of amides is 4. The monoisotopic (exact) mass is 325 g/mol. The van der Waals surface area contributed by atoms with Crippen LogP contribution in [0.25, 0.3) is 0 Å². The zero-order valence-electron chi connectivity index (χ0n) is 10.2. The van der Waals surface area contributed by atoms with Gasteiger partial charge in [0.15, 0.2) is 0 Å². The van der Waals surface area contributed by atoms with Crippen molar-refractivity contribution in [2.45, 2.75) is 0 Å². The van der Waals surface area contributed by atoms with Crippen molar-refractivity contribution in [1.82, 2.24) is 9.80 Å². The molecule has 1 aliphatic rings. The largest absolute Gasteiger partial charge is 0.327 e. The van der Waals surface area contributed by atoms with E-state index in [9.17, 15) is 14.4 Å². The Morgan fingerprint density at radius 1 is 1.32 bits per heavy atom. The van der Waals surface area contributed by atoms with E-state index < -0.39 is 11.9 Å². The van der Waals surface area contributed by atoms with Crippen molar-refractivity contribution in [3.8, 4) is 0 Å². The van der Waals surface area contributed by atoms with E-state index in [1.54, 1.807) is 24.3 Å². The number of hydrogen-bond donors (Lipinski definition) is 1. The Labute approximate surface area is 118 Å². The van der Waals surface area contributed by atoms with E-state index in [4.69, 9.17) is 0 Å². The van der Waals surface area contributed by atoms with E-state index in [2.05, 4.69) is 21.2 Å². The van der Waals surface area contributed by atoms with Gasteiger partial charge in [-0.15, -0.1) is 0 Å². The molecule has 2 rings (SSSR count). The van der Waals surface area contributed by atoms with Gasteiger partial charge in [-0.2, -0.15) is 0 Å². The Morgan fingerprint density at radius 2 is 1.95 bits per heavy atom. The van der Waals surface area contributed by atoms with Gasteiger partial charge < -0.3 is 10.2 Å². The van der Waals surface area contributed by atoms with Crippen molar-refractivity contribution in [1.29, 1.82) is 0 Å². The molecule has 7 heteroatoms. The predicted molar refractivity (Wildman–Crippen MR) is 72.5 cm³/mol. The molecule has 6 nitrogen and oxygen atoms in total. The Balaban J connectivity index is 1.96. The summed E-state index contributed by atoms with van der Waals surface area (Å²) in [4.78, 5) is 37.1. The first-order valence-electron chi connectivity index (χ1n) is 5.58. The number of carbonyl (C=O) groups excluding carboxylic acids is 3. The summed E-state index contributed by atoms with van der Waals surface area (Å²) in [5, 5.41) is 2.63. The highest BCUT2D eigenvalue weighted by molar-refractivity contribution is 9.10. The van der Waals surface area contributed by atoms with Crippen LogP contribution in [0, 0.1) is 0 Å². The van der Waals surface area contributed by atoms with Gasteiger partial charge in [-0.1, -0.05) is 15.9 Å². The molecule has 0 bridgehead atoms. The van der Waals surface area contributed by atoms with Crippen molar-refractivity contribution in [3.05, 3.63) is 28.7 Å². The standard InChI is InChI=1S/C12H12BrN3O3/c1-15-7-11(18)16(12(15)19)6-10(17)14-9-4-2-8(13)3-5-9/h2-5H,6-7H2,1H3,(H,14,17).